The minimum Gasteiger partial charge on any atom is -0.329 e. The summed E-state index contributed by atoms with van der Waals surface area (Å²) in [4.78, 5) is 14.3. The number of nitrogens with two attached hydrogens (primary N) is 1. The molecular formula is C15H23Cl2N3O. The lowest BCUT2D eigenvalue weighted by Crippen LogP contribution is -2.47. The van der Waals surface area contributed by atoms with Crippen molar-refractivity contribution in [1.82, 2.24) is 4.90 Å². The van der Waals surface area contributed by atoms with Gasteiger partial charge in [0, 0.05) is 12.6 Å². The van der Waals surface area contributed by atoms with Crippen LogP contribution >= 0.6 is 24.0 Å². The number of nitrogens with one attached hydrogen (secondary N) is 1. The van der Waals surface area contributed by atoms with Gasteiger partial charge in [-0.3, -0.25) is 9.69 Å². The Morgan fingerprint density at radius 1 is 1.48 bits per heavy atom. The summed E-state index contributed by atoms with van der Waals surface area (Å²) in [7, 11) is 0. The Morgan fingerprint density at radius 3 is 2.90 bits per heavy atom. The van der Waals surface area contributed by atoms with E-state index >= 15 is 0 Å². The number of halogens is 2. The van der Waals surface area contributed by atoms with Crippen molar-refractivity contribution in [3.63, 3.8) is 0 Å². The molecule has 1 aromatic carbocycles. The van der Waals surface area contributed by atoms with Crippen LogP contribution in [0, 0.1) is 6.92 Å². The van der Waals surface area contributed by atoms with Crippen LogP contribution in [0.2, 0.25) is 5.02 Å². The van der Waals surface area contributed by atoms with E-state index in [9.17, 15) is 4.79 Å². The molecule has 1 aromatic rings. The van der Waals surface area contributed by atoms with Gasteiger partial charge in [0.1, 0.15) is 0 Å². The van der Waals surface area contributed by atoms with Gasteiger partial charge in [0.05, 0.1) is 17.3 Å². The molecule has 6 heteroatoms. The summed E-state index contributed by atoms with van der Waals surface area (Å²) in [5.41, 5.74) is 7.51. The van der Waals surface area contributed by atoms with Crippen molar-refractivity contribution in [3.8, 4) is 0 Å². The van der Waals surface area contributed by atoms with Gasteiger partial charge < -0.3 is 11.1 Å². The van der Waals surface area contributed by atoms with Crippen molar-refractivity contribution in [2.75, 3.05) is 25.0 Å². The number of hydrogen-bond acceptors (Lipinski definition) is 3. The Balaban J connectivity index is 0.00000220. The number of aryl methyl sites for hydroxylation is 1. The van der Waals surface area contributed by atoms with E-state index in [4.69, 9.17) is 17.3 Å². The predicted octanol–water partition coefficient (Wildman–Crippen LogP) is 2.82. The van der Waals surface area contributed by atoms with Crippen molar-refractivity contribution in [2.45, 2.75) is 32.2 Å². The van der Waals surface area contributed by atoms with Crippen molar-refractivity contribution in [1.29, 1.82) is 0 Å². The van der Waals surface area contributed by atoms with Crippen molar-refractivity contribution < 1.29 is 4.79 Å². The van der Waals surface area contributed by atoms with Gasteiger partial charge in [-0.05, 0) is 44.0 Å². The second kappa shape index (κ2) is 8.59. The Hall–Kier alpha value is -0.810. The normalized spacial score (nSPS) is 18.9. The number of carbonyl (C=O) groups excluding carboxylic acids is 1. The van der Waals surface area contributed by atoms with E-state index in [1.165, 1.54) is 6.42 Å². The zero-order chi connectivity index (χ0) is 14.5. The molecule has 0 saturated carbocycles. The van der Waals surface area contributed by atoms with Crippen LogP contribution < -0.4 is 11.1 Å². The van der Waals surface area contributed by atoms with Crippen molar-refractivity contribution >= 4 is 35.6 Å². The molecule has 1 saturated heterocycles. The Labute approximate surface area is 137 Å². The first-order valence-corrected chi connectivity index (χ1v) is 7.48. The zero-order valence-electron chi connectivity index (χ0n) is 12.3. The number of rotatable bonds is 4. The van der Waals surface area contributed by atoms with Crippen molar-refractivity contribution in [3.05, 3.63) is 28.8 Å². The maximum atomic E-state index is 12.1. The smallest absolute Gasteiger partial charge is 0.238 e. The number of benzene rings is 1. The highest BCUT2D eigenvalue weighted by Crippen LogP contribution is 2.23. The third kappa shape index (κ3) is 5.15. The van der Waals surface area contributed by atoms with Crippen molar-refractivity contribution in [2.24, 2.45) is 5.73 Å². The first-order valence-electron chi connectivity index (χ1n) is 7.10. The molecule has 21 heavy (non-hydrogen) atoms. The number of likely N-dealkylation sites (tertiary alicyclic amines) is 1. The summed E-state index contributed by atoms with van der Waals surface area (Å²) in [6.45, 7) is 3.90. The van der Waals surface area contributed by atoms with Gasteiger partial charge in [-0.15, -0.1) is 12.4 Å². The number of anilines is 1. The van der Waals surface area contributed by atoms with Crippen LogP contribution in [0.5, 0.6) is 0 Å². The molecule has 3 N–H and O–H groups in total. The quantitative estimate of drug-likeness (QED) is 0.891. The highest BCUT2D eigenvalue weighted by Gasteiger charge is 2.23. The second-order valence-electron chi connectivity index (χ2n) is 5.39. The molecule has 118 valence electrons. The summed E-state index contributed by atoms with van der Waals surface area (Å²) in [6.07, 6.45) is 3.41. The molecular weight excluding hydrogens is 309 g/mol. The Kier molecular flexibility index (Phi) is 7.46. The average molecular weight is 332 g/mol. The van der Waals surface area contributed by atoms with Crippen LogP contribution in [0.1, 0.15) is 24.8 Å². The van der Waals surface area contributed by atoms with E-state index in [1.54, 1.807) is 0 Å². The van der Waals surface area contributed by atoms with E-state index in [1.807, 2.05) is 25.1 Å². The molecule has 0 aromatic heterocycles. The number of carbonyl (C=O) groups is 1. The lowest BCUT2D eigenvalue weighted by atomic mass is 10.0. The van der Waals surface area contributed by atoms with E-state index < -0.39 is 0 Å². The summed E-state index contributed by atoms with van der Waals surface area (Å²) in [6, 6.07) is 5.95. The fourth-order valence-corrected chi connectivity index (χ4v) is 2.91. The predicted molar refractivity (Wildman–Crippen MR) is 90.3 cm³/mol. The van der Waals surface area contributed by atoms with Gasteiger partial charge in [-0.2, -0.15) is 0 Å². The maximum absolute atomic E-state index is 12.1. The standard InChI is InChI=1S/C15H22ClN3O.ClH/c1-11-5-6-14(13(16)8-11)18-15(20)10-19-7-3-2-4-12(19)9-17;/h5-6,8,12H,2-4,7,9-10,17H2,1H3,(H,18,20);1H. The fourth-order valence-electron chi connectivity index (χ4n) is 2.63. The minimum absolute atomic E-state index is 0. The van der Waals surface area contributed by atoms with Gasteiger partial charge in [0.2, 0.25) is 5.91 Å². The molecule has 0 bridgehead atoms. The number of piperidine rings is 1. The van der Waals surface area contributed by atoms with Crippen LogP contribution in [0.15, 0.2) is 18.2 Å². The molecule has 0 spiro atoms. The van der Waals surface area contributed by atoms with E-state index in [-0.39, 0.29) is 18.3 Å². The fraction of sp³-hybridized carbons (Fsp3) is 0.533. The molecule has 2 rings (SSSR count). The first kappa shape index (κ1) is 18.2. The van der Waals surface area contributed by atoms with Gasteiger partial charge in [-0.25, -0.2) is 0 Å². The molecule has 1 fully saturated rings. The Morgan fingerprint density at radius 2 is 2.24 bits per heavy atom. The van der Waals surface area contributed by atoms with Gasteiger partial charge in [0.15, 0.2) is 0 Å². The summed E-state index contributed by atoms with van der Waals surface area (Å²) in [5, 5.41) is 3.45. The highest BCUT2D eigenvalue weighted by atomic mass is 35.5. The zero-order valence-corrected chi connectivity index (χ0v) is 13.8. The number of nitrogens with zero attached hydrogens (tertiary/aromatic N) is 1. The topological polar surface area (TPSA) is 58.4 Å². The SMILES string of the molecule is Cc1ccc(NC(=O)CN2CCCCC2CN)c(Cl)c1.Cl. The van der Waals surface area contributed by atoms with E-state index in [0.717, 1.165) is 24.9 Å². The third-order valence-electron chi connectivity index (χ3n) is 3.77. The van der Waals surface area contributed by atoms with Crippen LogP contribution in [-0.2, 0) is 4.79 Å². The summed E-state index contributed by atoms with van der Waals surface area (Å²) in [5.74, 6) is -0.0314. The summed E-state index contributed by atoms with van der Waals surface area (Å²) >= 11 is 6.12. The van der Waals surface area contributed by atoms with Gasteiger partial charge >= 0.3 is 0 Å². The molecule has 1 atom stereocenters. The molecule has 1 aliphatic rings. The summed E-state index contributed by atoms with van der Waals surface area (Å²) < 4.78 is 0. The van der Waals surface area contributed by atoms with Crippen LogP contribution in [0.25, 0.3) is 0 Å². The van der Waals surface area contributed by atoms with E-state index in [2.05, 4.69) is 10.2 Å². The molecule has 4 nitrogen and oxygen atoms in total. The number of amides is 1. The second-order valence-corrected chi connectivity index (χ2v) is 5.79. The van der Waals surface area contributed by atoms with Gasteiger partial charge in [-0.1, -0.05) is 24.1 Å². The number of hydrogen-bond donors (Lipinski definition) is 2. The minimum atomic E-state index is -0.0314. The average Bonchev–Trinajstić information content (AvgIpc) is 2.42. The van der Waals surface area contributed by atoms with Crippen LogP contribution in [-0.4, -0.2) is 36.5 Å². The molecule has 1 amide bonds. The molecule has 1 unspecified atom stereocenters. The molecule has 1 aliphatic heterocycles. The lowest BCUT2D eigenvalue weighted by molar-refractivity contribution is -0.118. The lowest BCUT2D eigenvalue weighted by Gasteiger charge is -2.34. The largest absolute Gasteiger partial charge is 0.329 e. The Bertz CT molecular complexity index is 482. The third-order valence-corrected chi connectivity index (χ3v) is 4.08. The highest BCUT2D eigenvalue weighted by molar-refractivity contribution is 6.33. The van der Waals surface area contributed by atoms with E-state index in [0.29, 0.717) is 29.8 Å². The monoisotopic (exact) mass is 331 g/mol. The van der Waals surface area contributed by atoms with Gasteiger partial charge in [0.25, 0.3) is 0 Å². The van der Waals surface area contributed by atoms with Crippen LogP contribution in [0.4, 0.5) is 5.69 Å². The molecule has 0 radical (unpaired) electrons. The van der Waals surface area contributed by atoms with Crippen LogP contribution in [0.3, 0.4) is 0 Å². The molecule has 0 aliphatic carbocycles. The first-order chi connectivity index (χ1) is 9.60. The molecule has 1 heterocycles. The maximum Gasteiger partial charge on any atom is 0.238 e.